The standard InChI is InChI=1S/C21H26N2O4/c1-16-8-5-6-11-19(16)26-13-12-23(4)21(25)17-9-7-10-18(14-17)27-15-20(24)22(2)3/h5-11,14H,12-13,15H2,1-4H3. The SMILES string of the molecule is Cc1ccccc1OCCN(C)C(=O)c1cccc(OCC(=O)N(C)C)c1. The van der Waals surface area contributed by atoms with Crippen LogP contribution in [0.1, 0.15) is 15.9 Å². The molecule has 27 heavy (non-hydrogen) atoms. The van der Waals surface area contributed by atoms with E-state index in [2.05, 4.69) is 0 Å². The minimum Gasteiger partial charge on any atom is -0.491 e. The molecule has 0 aliphatic carbocycles. The second kappa shape index (κ2) is 9.62. The van der Waals surface area contributed by atoms with Crippen LogP contribution in [0.15, 0.2) is 48.5 Å². The Kier molecular flexibility index (Phi) is 7.23. The molecule has 6 nitrogen and oxygen atoms in total. The molecule has 0 spiro atoms. The fourth-order valence-corrected chi connectivity index (χ4v) is 2.33. The number of rotatable bonds is 8. The van der Waals surface area contributed by atoms with E-state index in [9.17, 15) is 9.59 Å². The van der Waals surface area contributed by atoms with Crippen LogP contribution in [0.5, 0.6) is 11.5 Å². The van der Waals surface area contributed by atoms with Gasteiger partial charge in [0.2, 0.25) is 0 Å². The Morgan fingerprint density at radius 3 is 2.41 bits per heavy atom. The van der Waals surface area contributed by atoms with Crippen molar-refractivity contribution in [3.63, 3.8) is 0 Å². The summed E-state index contributed by atoms with van der Waals surface area (Å²) in [5, 5.41) is 0. The topological polar surface area (TPSA) is 59.1 Å². The van der Waals surface area contributed by atoms with E-state index < -0.39 is 0 Å². The second-order valence-electron chi connectivity index (χ2n) is 6.45. The van der Waals surface area contributed by atoms with E-state index in [0.717, 1.165) is 11.3 Å². The quantitative estimate of drug-likeness (QED) is 0.717. The van der Waals surface area contributed by atoms with E-state index >= 15 is 0 Å². The summed E-state index contributed by atoms with van der Waals surface area (Å²) in [4.78, 5) is 27.3. The lowest BCUT2D eigenvalue weighted by Gasteiger charge is -2.18. The van der Waals surface area contributed by atoms with Gasteiger partial charge in [-0.3, -0.25) is 9.59 Å². The lowest BCUT2D eigenvalue weighted by Crippen LogP contribution is -2.31. The molecule has 0 saturated heterocycles. The third kappa shape index (κ3) is 6.02. The monoisotopic (exact) mass is 370 g/mol. The predicted octanol–water partition coefficient (Wildman–Crippen LogP) is 2.61. The maximum Gasteiger partial charge on any atom is 0.259 e. The predicted molar refractivity (Wildman–Crippen MR) is 104 cm³/mol. The molecule has 0 bridgehead atoms. The van der Waals surface area contributed by atoms with Crippen LogP contribution in [0.25, 0.3) is 0 Å². The highest BCUT2D eigenvalue weighted by Gasteiger charge is 2.13. The van der Waals surface area contributed by atoms with Crippen molar-refractivity contribution in [3.8, 4) is 11.5 Å². The van der Waals surface area contributed by atoms with Gasteiger partial charge < -0.3 is 19.3 Å². The molecule has 2 amide bonds. The molecule has 0 radical (unpaired) electrons. The van der Waals surface area contributed by atoms with Gasteiger partial charge in [0.25, 0.3) is 11.8 Å². The summed E-state index contributed by atoms with van der Waals surface area (Å²) in [6, 6.07) is 14.6. The fourth-order valence-electron chi connectivity index (χ4n) is 2.33. The number of para-hydroxylation sites is 1. The van der Waals surface area contributed by atoms with Gasteiger partial charge in [0, 0.05) is 26.7 Å². The molecule has 0 atom stereocenters. The smallest absolute Gasteiger partial charge is 0.259 e. The number of hydrogen-bond donors (Lipinski definition) is 0. The number of benzene rings is 2. The molecule has 2 rings (SSSR count). The Morgan fingerprint density at radius 2 is 1.70 bits per heavy atom. The normalized spacial score (nSPS) is 10.2. The van der Waals surface area contributed by atoms with Crippen molar-refractivity contribution >= 4 is 11.8 Å². The minimum absolute atomic E-state index is 0.0647. The van der Waals surface area contributed by atoms with Gasteiger partial charge >= 0.3 is 0 Å². The van der Waals surface area contributed by atoms with Gasteiger partial charge in [-0.15, -0.1) is 0 Å². The summed E-state index contributed by atoms with van der Waals surface area (Å²) in [5.41, 5.74) is 1.56. The van der Waals surface area contributed by atoms with Gasteiger partial charge in [-0.05, 0) is 36.8 Å². The van der Waals surface area contributed by atoms with Crippen LogP contribution in [0.3, 0.4) is 0 Å². The van der Waals surface area contributed by atoms with Crippen LogP contribution in [-0.4, -0.2) is 62.5 Å². The summed E-state index contributed by atoms with van der Waals surface area (Å²) in [6.07, 6.45) is 0. The molecular formula is C21H26N2O4. The van der Waals surface area contributed by atoms with E-state index in [1.807, 2.05) is 31.2 Å². The number of amides is 2. The third-order valence-electron chi connectivity index (χ3n) is 4.07. The van der Waals surface area contributed by atoms with Crippen molar-refractivity contribution in [2.24, 2.45) is 0 Å². The Hall–Kier alpha value is -3.02. The number of nitrogens with zero attached hydrogens (tertiary/aromatic N) is 2. The van der Waals surface area contributed by atoms with Crippen molar-refractivity contribution in [2.75, 3.05) is 40.9 Å². The van der Waals surface area contributed by atoms with E-state index in [-0.39, 0.29) is 18.4 Å². The molecule has 0 unspecified atom stereocenters. The molecule has 0 heterocycles. The van der Waals surface area contributed by atoms with Gasteiger partial charge in [0.05, 0.1) is 6.54 Å². The van der Waals surface area contributed by atoms with E-state index in [4.69, 9.17) is 9.47 Å². The van der Waals surface area contributed by atoms with Crippen molar-refractivity contribution in [2.45, 2.75) is 6.92 Å². The summed E-state index contributed by atoms with van der Waals surface area (Å²) < 4.78 is 11.2. The van der Waals surface area contributed by atoms with Gasteiger partial charge in [0.1, 0.15) is 18.1 Å². The Bertz CT molecular complexity index is 789. The van der Waals surface area contributed by atoms with Crippen molar-refractivity contribution in [1.82, 2.24) is 9.80 Å². The second-order valence-corrected chi connectivity index (χ2v) is 6.45. The third-order valence-corrected chi connectivity index (χ3v) is 4.07. The first-order valence-electron chi connectivity index (χ1n) is 8.75. The van der Waals surface area contributed by atoms with Crippen LogP contribution in [0, 0.1) is 6.92 Å². The first-order chi connectivity index (χ1) is 12.9. The molecule has 144 valence electrons. The average Bonchev–Trinajstić information content (AvgIpc) is 2.67. The Labute approximate surface area is 160 Å². The van der Waals surface area contributed by atoms with Gasteiger partial charge in [-0.1, -0.05) is 24.3 Å². The number of carbonyl (C=O) groups is 2. The number of ether oxygens (including phenoxy) is 2. The first-order valence-corrected chi connectivity index (χ1v) is 8.75. The van der Waals surface area contributed by atoms with Crippen molar-refractivity contribution in [3.05, 3.63) is 59.7 Å². The highest BCUT2D eigenvalue weighted by Crippen LogP contribution is 2.17. The zero-order valence-corrected chi connectivity index (χ0v) is 16.3. The molecular weight excluding hydrogens is 344 g/mol. The maximum atomic E-state index is 12.6. The largest absolute Gasteiger partial charge is 0.491 e. The summed E-state index contributed by atoms with van der Waals surface area (Å²) >= 11 is 0. The molecule has 0 fully saturated rings. The molecule has 0 aliphatic rings. The molecule has 0 aromatic heterocycles. The Balaban J connectivity index is 1.89. The number of carbonyl (C=O) groups excluding carboxylic acids is 2. The molecule has 2 aromatic carbocycles. The maximum absolute atomic E-state index is 12.6. The summed E-state index contributed by atoms with van der Waals surface area (Å²) in [5.74, 6) is 1.03. The Morgan fingerprint density at radius 1 is 0.963 bits per heavy atom. The number of hydrogen-bond acceptors (Lipinski definition) is 4. The molecule has 0 aliphatic heterocycles. The molecule has 6 heteroatoms. The zero-order chi connectivity index (χ0) is 19.8. The van der Waals surface area contributed by atoms with E-state index in [0.29, 0.717) is 24.5 Å². The molecule has 0 saturated carbocycles. The van der Waals surface area contributed by atoms with Crippen LogP contribution >= 0.6 is 0 Å². The minimum atomic E-state index is -0.141. The molecule has 2 aromatic rings. The zero-order valence-electron chi connectivity index (χ0n) is 16.3. The first kappa shape index (κ1) is 20.3. The average molecular weight is 370 g/mol. The van der Waals surface area contributed by atoms with Gasteiger partial charge in [-0.25, -0.2) is 0 Å². The fraction of sp³-hybridized carbons (Fsp3) is 0.333. The van der Waals surface area contributed by atoms with E-state index in [1.165, 1.54) is 4.90 Å². The van der Waals surface area contributed by atoms with Gasteiger partial charge in [-0.2, -0.15) is 0 Å². The van der Waals surface area contributed by atoms with Crippen LogP contribution < -0.4 is 9.47 Å². The highest BCUT2D eigenvalue weighted by molar-refractivity contribution is 5.94. The van der Waals surface area contributed by atoms with E-state index in [1.54, 1.807) is 50.3 Å². The summed E-state index contributed by atoms with van der Waals surface area (Å²) in [7, 11) is 5.06. The van der Waals surface area contributed by atoms with Crippen LogP contribution in [0.4, 0.5) is 0 Å². The highest BCUT2D eigenvalue weighted by atomic mass is 16.5. The lowest BCUT2D eigenvalue weighted by atomic mass is 10.2. The van der Waals surface area contributed by atoms with Crippen LogP contribution in [0.2, 0.25) is 0 Å². The summed E-state index contributed by atoms with van der Waals surface area (Å²) in [6.45, 7) is 2.78. The van der Waals surface area contributed by atoms with Gasteiger partial charge in [0.15, 0.2) is 6.61 Å². The lowest BCUT2D eigenvalue weighted by molar-refractivity contribution is -0.130. The molecule has 0 N–H and O–H groups in total. The number of aryl methyl sites for hydroxylation is 1. The van der Waals surface area contributed by atoms with Crippen molar-refractivity contribution in [1.29, 1.82) is 0 Å². The number of likely N-dealkylation sites (N-methyl/N-ethyl adjacent to an activating group) is 2. The van der Waals surface area contributed by atoms with Crippen LogP contribution in [-0.2, 0) is 4.79 Å². The van der Waals surface area contributed by atoms with Crippen molar-refractivity contribution < 1.29 is 19.1 Å².